The molecule has 3 rings (SSSR count). The first kappa shape index (κ1) is 23.6. The van der Waals surface area contributed by atoms with E-state index in [0.717, 1.165) is 75.3 Å². The first-order valence-electron chi connectivity index (χ1n) is 11.9. The molecule has 3 heteroatoms. The van der Waals surface area contributed by atoms with E-state index in [1.54, 1.807) is 18.2 Å². The van der Waals surface area contributed by atoms with Gasteiger partial charge in [-0.2, -0.15) is 0 Å². The number of benzene rings is 2. The minimum Gasteiger partial charge on any atom is -0.207 e. The first-order valence-corrected chi connectivity index (χ1v) is 11.9. The normalized spacial score (nSPS) is 16.4. The molecule has 0 aliphatic heterocycles. The van der Waals surface area contributed by atoms with Crippen molar-refractivity contribution in [3.63, 3.8) is 0 Å². The van der Waals surface area contributed by atoms with Gasteiger partial charge in [0.25, 0.3) is 0 Å². The van der Waals surface area contributed by atoms with Crippen LogP contribution in [0.1, 0.15) is 93.4 Å². The van der Waals surface area contributed by atoms with Crippen molar-refractivity contribution in [3.05, 3.63) is 81.7 Å². The molecular weight excluding hydrogens is 393 g/mol. The molecule has 0 radical (unpaired) electrons. The van der Waals surface area contributed by atoms with Crippen molar-refractivity contribution in [2.75, 3.05) is 0 Å². The maximum atomic E-state index is 14.7. The second-order valence-electron chi connectivity index (χ2n) is 8.91. The molecule has 2 aromatic rings. The standard InChI is InChI=1S/C28H35F3/c1-3-5-6-8-24-17-18-25(28(31)27(24)30)22-14-11-20(12-15-22)9-10-21-13-16-23(7-4-2)26(29)19-21/h11,13,16-19,22H,3-10,12,14-15H2,1-2H3. The monoisotopic (exact) mass is 428 g/mol. The Morgan fingerprint density at radius 3 is 2.29 bits per heavy atom. The molecule has 0 heterocycles. The minimum atomic E-state index is -0.656. The van der Waals surface area contributed by atoms with Crippen LogP contribution in [-0.2, 0) is 19.3 Å². The number of hydrogen-bond acceptors (Lipinski definition) is 0. The number of aryl methyl sites for hydroxylation is 3. The molecule has 1 unspecified atom stereocenters. The lowest BCUT2D eigenvalue weighted by Crippen LogP contribution is -2.09. The minimum absolute atomic E-state index is 0.0358. The first-order chi connectivity index (χ1) is 15.0. The highest BCUT2D eigenvalue weighted by Crippen LogP contribution is 2.36. The maximum absolute atomic E-state index is 14.7. The summed E-state index contributed by atoms with van der Waals surface area (Å²) in [5, 5.41) is 0. The van der Waals surface area contributed by atoms with Gasteiger partial charge in [0.05, 0.1) is 0 Å². The quantitative estimate of drug-likeness (QED) is 0.262. The van der Waals surface area contributed by atoms with Crippen LogP contribution in [0.3, 0.4) is 0 Å². The van der Waals surface area contributed by atoms with E-state index in [2.05, 4.69) is 19.9 Å². The Morgan fingerprint density at radius 1 is 0.806 bits per heavy atom. The van der Waals surface area contributed by atoms with Gasteiger partial charge in [-0.05, 0) is 85.6 Å². The maximum Gasteiger partial charge on any atom is 0.162 e. The lowest BCUT2D eigenvalue weighted by atomic mass is 9.82. The molecule has 31 heavy (non-hydrogen) atoms. The molecule has 1 aliphatic carbocycles. The second kappa shape index (κ2) is 11.5. The second-order valence-corrected chi connectivity index (χ2v) is 8.91. The Kier molecular flexibility index (Phi) is 8.80. The van der Waals surface area contributed by atoms with Crippen molar-refractivity contribution in [1.82, 2.24) is 0 Å². The molecule has 2 aromatic carbocycles. The molecule has 0 aromatic heterocycles. The Bertz CT molecular complexity index is 897. The molecule has 0 saturated carbocycles. The van der Waals surface area contributed by atoms with Crippen molar-refractivity contribution >= 4 is 0 Å². The molecule has 1 aliphatic rings. The van der Waals surface area contributed by atoms with E-state index < -0.39 is 11.6 Å². The van der Waals surface area contributed by atoms with Gasteiger partial charge in [-0.25, -0.2) is 13.2 Å². The molecule has 0 amide bonds. The van der Waals surface area contributed by atoms with E-state index in [-0.39, 0.29) is 11.7 Å². The van der Waals surface area contributed by atoms with Gasteiger partial charge in [0.2, 0.25) is 0 Å². The van der Waals surface area contributed by atoms with Crippen molar-refractivity contribution in [3.8, 4) is 0 Å². The van der Waals surface area contributed by atoms with Gasteiger partial charge in [0.15, 0.2) is 11.6 Å². The predicted octanol–water partition coefficient (Wildman–Crippen LogP) is 8.62. The predicted molar refractivity (Wildman–Crippen MR) is 123 cm³/mol. The van der Waals surface area contributed by atoms with E-state index >= 15 is 0 Å². The summed E-state index contributed by atoms with van der Waals surface area (Å²) in [5.41, 5.74) is 4.16. The molecule has 0 fully saturated rings. The van der Waals surface area contributed by atoms with Crippen molar-refractivity contribution < 1.29 is 13.2 Å². The summed E-state index contributed by atoms with van der Waals surface area (Å²) in [6.45, 7) is 4.16. The van der Waals surface area contributed by atoms with Gasteiger partial charge in [-0.3, -0.25) is 0 Å². The Morgan fingerprint density at radius 2 is 1.61 bits per heavy atom. The molecule has 0 N–H and O–H groups in total. The third-order valence-electron chi connectivity index (χ3n) is 6.56. The smallest absolute Gasteiger partial charge is 0.162 e. The molecule has 0 saturated heterocycles. The summed E-state index contributed by atoms with van der Waals surface area (Å²) < 4.78 is 43.4. The fraction of sp³-hybridized carbons (Fsp3) is 0.500. The fourth-order valence-corrected chi connectivity index (χ4v) is 4.60. The average Bonchev–Trinajstić information content (AvgIpc) is 2.78. The summed E-state index contributed by atoms with van der Waals surface area (Å²) in [5.74, 6) is -1.38. The summed E-state index contributed by atoms with van der Waals surface area (Å²) in [6, 6.07) is 9.17. The highest BCUT2D eigenvalue weighted by atomic mass is 19.2. The van der Waals surface area contributed by atoms with E-state index in [9.17, 15) is 13.2 Å². The Balaban J connectivity index is 1.57. The number of allylic oxidation sites excluding steroid dienone is 2. The van der Waals surface area contributed by atoms with Crippen LogP contribution < -0.4 is 0 Å². The molecule has 0 bridgehead atoms. The summed E-state index contributed by atoms with van der Waals surface area (Å²) in [7, 11) is 0. The van der Waals surface area contributed by atoms with Crippen LogP contribution in [0.25, 0.3) is 0 Å². The average molecular weight is 429 g/mol. The van der Waals surface area contributed by atoms with Gasteiger partial charge >= 0.3 is 0 Å². The van der Waals surface area contributed by atoms with Gasteiger partial charge < -0.3 is 0 Å². The number of rotatable bonds is 10. The van der Waals surface area contributed by atoms with E-state index in [1.165, 1.54) is 5.57 Å². The van der Waals surface area contributed by atoms with E-state index in [1.807, 2.05) is 12.1 Å². The number of unbranched alkanes of at least 4 members (excludes halogenated alkanes) is 2. The van der Waals surface area contributed by atoms with Crippen LogP contribution in [0.15, 0.2) is 42.0 Å². The van der Waals surface area contributed by atoms with Gasteiger partial charge in [0.1, 0.15) is 5.82 Å². The number of hydrogen-bond donors (Lipinski definition) is 0. The zero-order valence-corrected chi connectivity index (χ0v) is 19.0. The summed E-state index contributed by atoms with van der Waals surface area (Å²) >= 11 is 0. The van der Waals surface area contributed by atoms with E-state index in [0.29, 0.717) is 17.5 Å². The van der Waals surface area contributed by atoms with Crippen LogP contribution in [0.4, 0.5) is 13.2 Å². The zero-order valence-electron chi connectivity index (χ0n) is 19.0. The molecule has 0 spiro atoms. The zero-order chi connectivity index (χ0) is 22.2. The lowest BCUT2D eigenvalue weighted by molar-refractivity contribution is 0.467. The molecule has 168 valence electrons. The third-order valence-corrected chi connectivity index (χ3v) is 6.56. The molecule has 1 atom stereocenters. The van der Waals surface area contributed by atoms with Gasteiger partial charge in [-0.1, -0.05) is 69.0 Å². The van der Waals surface area contributed by atoms with Crippen LogP contribution in [0, 0.1) is 17.5 Å². The van der Waals surface area contributed by atoms with Crippen LogP contribution in [0.2, 0.25) is 0 Å². The topological polar surface area (TPSA) is 0 Å². The Hall–Kier alpha value is -2.03. The van der Waals surface area contributed by atoms with Gasteiger partial charge in [-0.15, -0.1) is 0 Å². The largest absolute Gasteiger partial charge is 0.207 e. The van der Waals surface area contributed by atoms with Crippen LogP contribution in [0.5, 0.6) is 0 Å². The van der Waals surface area contributed by atoms with E-state index in [4.69, 9.17) is 0 Å². The van der Waals surface area contributed by atoms with Crippen LogP contribution in [-0.4, -0.2) is 0 Å². The van der Waals surface area contributed by atoms with Crippen molar-refractivity contribution in [2.45, 2.75) is 90.4 Å². The molecular formula is C28H35F3. The summed E-state index contributed by atoms with van der Waals surface area (Å²) in [4.78, 5) is 0. The summed E-state index contributed by atoms with van der Waals surface area (Å²) in [6.07, 6.45) is 11.7. The number of halogens is 3. The van der Waals surface area contributed by atoms with Crippen molar-refractivity contribution in [1.29, 1.82) is 0 Å². The van der Waals surface area contributed by atoms with Gasteiger partial charge in [0, 0.05) is 0 Å². The fourth-order valence-electron chi connectivity index (χ4n) is 4.60. The third kappa shape index (κ3) is 6.24. The lowest BCUT2D eigenvalue weighted by Gasteiger charge is -2.23. The Labute approximate surface area is 185 Å². The highest BCUT2D eigenvalue weighted by molar-refractivity contribution is 5.31. The van der Waals surface area contributed by atoms with Crippen LogP contribution >= 0.6 is 0 Å². The highest BCUT2D eigenvalue weighted by Gasteiger charge is 2.22. The SMILES string of the molecule is CCCCCc1ccc(C2CC=C(CCc3ccc(CCC)c(F)c3)CC2)c(F)c1F. The molecule has 0 nitrogen and oxygen atoms in total. The van der Waals surface area contributed by atoms with Crippen molar-refractivity contribution in [2.24, 2.45) is 0 Å².